The number of nitrogens with zero attached hydrogens (tertiary/aromatic N) is 3. The zero-order valence-corrected chi connectivity index (χ0v) is 21.1. The number of methoxy groups -OCH3 is 1. The molecule has 0 atom stereocenters. The second-order valence-electron chi connectivity index (χ2n) is 7.83. The van der Waals surface area contributed by atoms with Crippen LogP contribution in [-0.4, -0.2) is 36.2 Å². The first-order valence-electron chi connectivity index (χ1n) is 10.7. The number of aromatic nitrogens is 2. The normalized spacial score (nSPS) is 11.2. The van der Waals surface area contributed by atoms with Crippen molar-refractivity contribution in [3.63, 3.8) is 0 Å². The molecule has 0 unspecified atom stereocenters. The van der Waals surface area contributed by atoms with Gasteiger partial charge < -0.3 is 19.7 Å². The van der Waals surface area contributed by atoms with Crippen molar-refractivity contribution in [2.24, 2.45) is 0 Å². The lowest BCUT2D eigenvalue weighted by molar-refractivity contribution is -0.137. The Kier molecular flexibility index (Phi) is 8.28. The lowest BCUT2D eigenvalue weighted by Crippen LogP contribution is -2.16. The van der Waals surface area contributed by atoms with E-state index in [1.54, 1.807) is 0 Å². The smallest absolute Gasteiger partial charge is 0.421 e. The minimum Gasteiger partial charge on any atom is -0.495 e. The summed E-state index contributed by atoms with van der Waals surface area (Å²) in [6.45, 7) is 3.20. The van der Waals surface area contributed by atoms with Crippen molar-refractivity contribution in [1.82, 2.24) is 9.97 Å². The molecule has 1 aromatic heterocycles. The third kappa shape index (κ3) is 6.17. The summed E-state index contributed by atoms with van der Waals surface area (Å²) in [6.07, 6.45) is -2.17. The summed E-state index contributed by atoms with van der Waals surface area (Å²) in [4.78, 5) is 19.4. The quantitative estimate of drug-likeness (QED) is 0.194. The summed E-state index contributed by atoms with van der Waals surface area (Å²) in [5.74, 6) is -1.88. The largest absolute Gasteiger partial charge is 0.495 e. The van der Waals surface area contributed by atoms with E-state index in [0.29, 0.717) is 6.20 Å². The monoisotopic (exact) mass is 523 g/mol. The fraction of sp³-hybridized carbons (Fsp3) is 0.292. The predicted octanol–water partition coefficient (Wildman–Crippen LogP) is 6.22. The van der Waals surface area contributed by atoms with Crippen LogP contribution in [0.1, 0.15) is 34.0 Å². The molecule has 0 aliphatic rings. The maximum absolute atomic E-state index is 14.4. The van der Waals surface area contributed by atoms with Gasteiger partial charge in [-0.25, -0.2) is 9.37 Å². The number of carbonyl (C=O) groups excluding carboxylic acids is 1. The molecule has 36 heavy (non-hydrogen) atoms. The number of ether oxygens (including phenoxy) is 1. The van der Waals surface area contributed by atoms with E-state index in [9.17, 15) is 22.4 Å². The van der Waals surface area contributed by atoms with Crippen LogP contribution in [0.5, 0.6) is 5.75 Å². The van der Waals surface area contributed by atoms with Gasteiger partial charge in [0.05, 0.1) is 24.0 Å². The molecule has 0 radical (unpaired) electrons. The molecule has 1 heterocycles. The molecule has 0 bridgehead atoms. The molecule has 7 nitrogen and oxygen atoms in total. The third-order valence-electron chi connectivity index (χ3n) is 5.31. The van der Waals surface area contributed by atoms with Gasteiger partial charge in [-0.1, -0.05) is 24.1 Å². The first kappa shape index (κ1) is 27.1. The van der Waals surface area contributed by atoms with Gasteiger partial charge >= 0.3 is 6.18 Å². The molecular formula is C24H25F4N5O2S. The molecular weight excluding hydrogens is 498 g/mol. The second kappa shape index (κ2) is 11.0. The van der Waals surface area contributed by atoms with E-state index in [4.69, 9.17) is 4.74 Å². The Labute approximate surface area is 210 Å². The second-order valence-corrected chi connectivity index (χ2v) is 8.75. The van der Waals surface area contributed by atoms with Gasteiger partial charge in [-0.15, -0.1) is 0 Å². The molecule has 12 heteroatoms. The van der Waals surface area contributed by atoms with Crippen molar-refractivity contribution < 1.29 is 27.1 Å². The van der Waals surface area contributed by atoms with Crippen molar-refractivity contribution in [3.8, 4) is 5.75 Å². The van der Waals surface area contributed by atoms with Gasteiger partial charge in [-0.2, -0.15) is 18.2 Å². The number of hydrogen-bond acceptors (Lipinski definition) is 8. The minimum absolute atomic E-state index is 0.0492. The lowest BCUT2D eigenvalue weighted by Gasteiger charge is -2.21. The van der Waals surface area contributed by atoms with E-state index < -0.39 is 29.2 Å². The zero-order chi connectivity index (χ0) is 26.6. The van der Waals surface area contributed by atoms with Crippen molar-refractivity contribution in [1.29, 1.82) is 0 Å². The summed E-state index contributed by atoms with van der Waals surface area (Å²) in [7, 11) is 3.17. The molecule has 3 aromatic rings. The Morgan fingerprint density at radius 2 is 1.94 bits per heavy atom. The standard InChI is InChI=1S/C24H25F4N5O2S/c1-13-6-7-15(20(8-13)33(3)36-5)11-29-22-17(24(26,27)28)12-30-23(32-22)31-19-10-18(25)16(14(2)34)9-21(19)35-4/h6-10,12H,11H2,1-5H3,(H2,29,30,31,32). The molecule has 0 aliphatic carbocycles. The van der Waals surface area contributed by atoms with E-state index in [2.05, 4.69) is 20.6 Å². The Hall–Kier alpha value is -3.54. The van der Waals surface area contributed by atoms with Crippen LogP contribution in [0.2, 0.25) is 0 Å². The lowest BCUT2D eigenvalue weighted by atomic mass is 10.1. The molecule has 0 saturated heterocycles. The van der Waals surface area contributed by atoms with E-state index >= 15 is 0 Å². The number of halogens is 4. The number of alkyl halides is 3. The molecule has 3 rings (SSSR count). The number of aryl methyl sites for hydroxylation is 1. The number of benzene rings is 2. The highest BCUT2D eigenvalue weighted by molar-refractivity contribution is 7.99. The fourth-order valence-corrected chi connectivity index (χ4v) is 3.75. The zero-order valence-electron chi connectivity index (χ0n) is 20.2. The highest BCUT2D eigenvalue weighted by atomic mass is 32.2. The van der Waals surface area contributed by atoms with Crippen LogP contribution < -0.4 is 19.7 Å². The van der Waals surface area contributed by atoms with Gasteiger partial charge in [-0.05, 0) is 37.1 Å². The Bertz CT molecular complexity index is 1270. The van der Waals surface area contributed by atoms with Gasteiger partial charge in [0.1, 0.15) is 22.9 Å². The average molecular weight is 524 g/mol. The Balaban J connectivity index is 1.96. The first-order valence-corrected chi connectivity index (χ1v) is 11.8. The highest BCUT2D eigenvalue weighted by Crippen LogP contribution is 2.36. The molecule has 192 valence electrons. The Morgan fingerprint density at radius 3 is 2.56 bits per heavy atom. The van der Waals surface area contributed by atoms with Crippen LogP contribution in [0.25, 0.3) is 0 Å². The van der Waals surface area contributed by atoms with Crippen molar-refractivity contribution in [3.05, 3.63) is 64.6 Å². The van der Waals surface area contributed by atoms with Crippen LogP contribution in [0.4, 0.5) is 40.7 Å². The average Bonchev–Trinajstić information content (AvgIpc) is 2.82. The number of carbonyl (C=O) groups is 1. The van der Waals surface area contributed by atoms with Crippen molar-refractivity contribution in [2.45, 2.75) is 26.6 Å². The Morgan fingerprint density at radius 1 is 1.22 bits per heavy atom. The number of hydrogen-bond donors (Lipinski definition) is 2. The summed E-state index contributed by atoms with van der Waals surface area (Å²) < 4.78 is 62.5. The van der Waals surface area contributed by atoms with Gasteiger partial charge in [0, 0.05) is 32.1 Å². The number of Topliss-reactive ketones (excluding diaryl/α,β-unsaturated/α-hetero) is 1. The van der Waals surface area contributed by atoms with E-state index in [-0.39, 0.29) is 29.5 Å². The van der Waals surface area contributed by atoms with E-state index in [1.165, 1.54) is 32.0 Å². The molecule has 0 spiro atoms. The molecule has 0 fully saturated rings. The van der Waals surface area contributed by atoms with E-state index in [1.807, 2.05) is 42.7 Å². The minimum atomic E-state index is -4.71. The molecule has 0 amide bonds. The number of rotatable bonds is 9. The van der Waals surface area contributed by atoms with Crippen molar-refractivity contribution in [2.75, 3.05) is 35.4 Å². The maximum Gasteiger partial charge on any atom is 0.421 e. The number of nitrogens with one attached hydrogen (secondary N) is 2. The van der Waals surface area contributed by atoms with Gasteiger partial charge in [0.15, 0.2) is 5.78 Å². The van der Waals surface area contributed by atoms with Gasteiger partial charge in [-0.3, -0.25) is 4.79 Å². The summed E-state index contributed by atoms with van der Waals surface area (Å²) >= 11 is 1.47. The van der Waals surface area contributed by atoms with Crippen LogP contribution in [0.15, 0.2) is 36.5 Å². The van der Waals surface area contributed by atoms with Crippen LogP contribution in [-0.2, 0) is 12.7 Å². The summed E-state index contributed by atoms with van der Waals surface area (Å²) in [6, 6.07) is 7.85. The van der Waals surface area contributed by atoms with Crippen molar-refractivity contribution >= 4 is 40.9 Å². The number of anilines is 4. The van der Waals surface area contributed by atoms with Crippen LogP contribution in [0.3, 0.4) is 0 Å². The third-order valence-corrected chi connectivity index (χ3v) is 6.05. The number of ketones is 1. The topological polar surface area (TPSA) is 79.4 Å². The summed E-state index contributed by atoms with van der Waals surface area (Å²) in [5.41, 5.74) is 1.44. The highest BCUT2D eigenvalue weighted by Gasteiger charge is 2.35. The van der Waals surface area contributed by atoms with Crippen LogP contribution >= 0.6 is 11.9 Å². The predicted molar refractivity (Wildman–Crippen MR) is 134 cm³/mol. The fourth-order valence-electron chi connectivity index (χ4n) is 3.39. The molecule has 0 saturated carbocycles. The van der Waals surface area contributed by atoms with Crippen LogP contribution in [0, 0.1) is 12.7 Å². The first-order chi connectivity index (χ1) is 16.9. The SMILES string of the molecule is COc1cc(C(C)=O)c(F)cc1Nc1ncc(C(F)(F)F)c(NCc2ccc(C)cc2N(C)SC)n1. The summed E-state index contributed by atoms with van der Waals surface area (Å²) in [5, 5.41) is 5.44. The van der Waals surface area contributed by atoms with Gasteiger partial charge in [0.2, 0.25) is 5.95 Å². The van der Waals surface area contributed by atoms with E-state index in [0.717, 1.165) is 22.9 Å². The van der Waals surface area contributed by atoms with Gasteiger partial charge in [0.25, 0.3) is 0 Å². The molecule has 2 N–H and O–H groups in total. The maximum atomic E-state index is 14.4. The molecule has 0 aliphatic heterocycles. The molecule has 2 aromatic carbocycles.